The first-order chi connectivity index (χ1) is 12.5. The lowest BCUT2D eigenvalue weighted by Crippen LogP contribution is -2.26. The van der Waals surface area contributed by atoms with E-state index in [1.165, 1.54) is 7.11 Å². The molecule has 1 aromatic carbocycles. The zero-order valence-electron chi connectivity index (χ0n) is 14.7. The van der Waals surface area contributed by atoms with Crippen LogP contribution >= 0.6 is 11.6 Å². The number of esters is 1. The molecule has 3 rings (SSSR count). The van der Waals surface area contributed by atoms with E-state index in [0.717, 1.165) is 30.2 Å². The molecule has 0 saturated heterocycles. The number of ether oxygens (including phenoxy) is 1. The molecule has 138 valence electrons. The third-order valence-electron chi connectivity index (χ3n) is 4.41. The Morgan fingerprint density at radius 3 is 2.88 bits per heavy atom. The number of halogens is 1. The Kier molecular flexibility index (Phi) is 5.64. The first-order valence-electron chi connectivity index (χ1n) is 8.62. The lowest BCUT2D eigenvalue weighted by molar-refractivity contribution is -0.142. The average Bonchev–Trinajstić information content (AvgIpc) is 3.15. The van der Waals surface area contributed by atoms with Crippen molar-refractivity contribution in [1.29, 1.82) is 0 Å². The van der Waals surface area contributed by atoms with Crippen molar-refractivity contribution in [2.24, 2.45) is 0 Å². The third kappa shape index (κ3) is 3.61. The first-order valence-corrected chi connectivity index (χ1v) is 9.00. The van der Waals surface area contributed by atoms with Gasteiger partial charge in [-0.1, -0.05) is 37.4 Å². The number of carbonyl (C=O) groups excluding carboxylic acids is 2. The minimum absolute atomic E-state index is 0.0222. The van der Waals surface area contributed by atoms with Gasteiger partial charge in [-0.25, -0.2) is 10.3 Å². The number of aromatic amines is 1. The van der Waals surface area contributed by atoms with Crippen LogP contribution in [0.4, 0.5) is 0 Å². The van der Waals surface area contributed by atoms with Crippen molar-refractivity contribution < 1.29 is 19.2 Å². The minimum Gasteiger partial charge on any atom is -0.454 e. The number of hydrogen-bond acceptors (Lipinski definition) is 4. The van der Waals surface area contributed by atoms with Crippen LogP contribution in [0.1, 0.15) is 38.3 Å². The Labute approximate surface area is 156 Å². The lowest BCUT2D eigenvalue weighted by Gasteiger charge is -2.13. The van der Waals surface area contributed by atoms with E-state index >= 15 is 0 Å². The maximum atomic E-state index is 12.4. The van der Waals surface area contributed by atoms with Crippen LogP contribution in [0, 0.1) is 0 Å². The third-order valence-corrected chi connectivity index (χ3v) is 4.65. The number of aromatic nitrogens is 1. The van der Waals surface area contributed by atoms with E-state index in [9.17, 15) is 9.59 Å². The highest BCUT2D eigenvalue weighted by atomic mass is 35.5. The maximum Gasteiger partial charge on any atom is 0.344 e. The van der Waals surface area contributed by atoms with Gasteiger partial charge in [0.05, 0.1) is 7.11 Å². The second kappa shape index (κ2) is 7.93. The van der Waals surface area contributed by atoms with E-state index in [1.54, 1.807) is 12.1 Å². The SMILES string of the molecule is CCCCCC1OC(=O)C(C(=O)NOC)=C1c1cc2ccc(Cl)cc2[nH]1. The summed E-state index contributed by atoms with van der Waals surface area (Å²) in [6.07, 6.45) is 3.19. The smallest absolute Gasteiger partial charge is 0.344 e. The van der Waals surface area contributed by atoms with E-state index in [4.69, 9.17) is 16.3 Å². The van der Waals surface area contributed by atoms with Crippen LogP contribution in [-0.4, -0.2) is 30.1 Å². The summed E-state index contributed by atoms with van der Waals surface area (Å²) in [6.45, 7) is 2.11. The maximum absolute atomic E-state index is 12.4. The van der Waals surface area contributed by atoms with Gasteiger partial charge in [0.15, 0.2) is 0 Å². The van der Waals surface area contributed by atoms with Crippen LogP contribution in [0.2, 0.25) is 5.02 Å². The number of fused-ring (bicyclic) bond motifs is 1. The summed E-state index contributed by atoms with van der Waals surface area (Å²) in [5.74, 6) is -1.24. The number of benzene rings is 1. The highest BCUT2D eigenvalue weighted by Crippen LogP contribution is 2.36. The Bertz CT molecular complexity index is 872. The van der Waals surface area contributed by atoms with E-state index in [0.29, 0.717) is 22.7 Å². The van der Waals surface area contributed by atoms with Crippen molar-refractivity contribution in [3.8, 4) is 0 Å². The lowest BCUT2D eigenvalue weighted by atomic mass is 9.97. The first kappa shape index (κ1) is 18.5. The van der Waals surface area contributed by atoms with Crippen molar-refractivity contribution in [3.63, 3.8) is 0 Å². The quantitative estimate of drug-likeness (QED) is 0.334. The van der Waals surface area contributed by atoms with Gasteiger partial charge in [0, 0.05) is 27.2 Å². The number of hydroxylamine groups is 1. The summed E-state index contributed by atoms with van der Waals surface area (Å²) in [7, 11) is 1.32. The van der Waals surface area contributed by atoms with Crippen LogP contribution in [0.5, 0.6) is 0 Å². The summed E-state index contributed by atoms with van der Waals surface area (Å²) in [4.78, 5) is 32.6. The molecule has 0 aliphatic carbocycles. The van der Waals surface area contributed by atoms with Gasteiger partial charge in [-0.3, -0.25) is 9.63 Å². The second-order valence-electron chi connectivity index (χ2n) is 6.23. The molecule has 6 nitrogen and oxygen atoms in total. The predicted octanol–water partition coefficient (Wildman–Crippen LogP) is 3.76. The number of amides is 1. The highest BCUT2D eigenvalue weighted by Gasteiger charge is 2.39. The van der Waals surface area contributed by atoms with Crippen molar-refractivity contribution in [1.82, 2.24) is 10.5 Å². The fourth-order valence-electron chi connectivity index (χ4n) is 3.21. The Balaban J connectivity index is 2.06. The van der Waals surface area contributed by atoms with Crippen LogP contribution in [0.25, 0.3) is 16.5 Å². The molecule has 1 aliphatic rings. The zero-order valence-corrected chi connectivity index (χ0v) is 15.5. The molecule has 2 heterocycles. The largest absolute Gasteiger partial charge is 0.454 e. The molecule has 0 spiro atoms. The molecular weight excluding hydrogens is 356 g/mol. The van der Waals surface area contributed by atoms with Crippen LogP contribution in [-0.2, 0) is 19.2 Å². The van der Waals surface area contributed by atoms with Crippen LogP contribution in [0.3, 0.4) is 0 Å². The number of carbonyl (C=O) groups is 2. The monoisotopic (exact) mass is 376 g/mol. The molecule has 1 atom stereocenters. The van der Waals surface area contributed by atoms with Crippen molar-refractivity contribution >= 4 is 40.0 Å². The molecule has 0 fully saturated rings. The number of H-pyrrole nitrogens is 1. The van der Waals surface area contributed by atoms with Gasteiger partial charge in [0.25, 0.3) is 5.91 Å². The number of cyclic esters (lactones) is 1. The second-order valence-corrected chi connectivity index (χ2v) is 6.66. The van der Waals surface area contributed by atoms with E-state index in [1.807, 2.05) is 12.1 Å². The fraction of sp³-hybridized carbons (Fsp3) is 0.368. The molecule has 26 heavy (non-hydrogen) atoms. The Morgan fingerprint density at radius 1 is 1.35 bits per heavy atom. The molecule has 2 aromatic rings. The van der Waals surface area contributed by atoms with Gasteiger partial charge in [-0.05, 0) is 31.0 Å². The summed E-state index contributed by atoms with van der Waals surface area (Å²) in [5.41, 5.74) is 4.26. The van der Waals surface area contributed by atoms with Gasteiger partial charge in [-0.2, -0.15) is 0 Å². The van der Waals surface area contributed by atoms with Crippen molar-refractivity contribution in [2.45, 2.75) is 38.7 Å². The van der Waals surface area contributed by atoms with E-state index in [2.05, 4.69) is 22.2 Å². The van der Waals surface area contributed by atoms with Gasteiger partial charge in [0.1, 0.15) is 11.7 Å². The van der Waals surface area contributed by atoms with Gasteiger partial charge < -0.3 is 9.72 Å². The van der Waals surface area contributed by atoms with Gasteiger partial charge >= 0.3 is 5.97 Å². The zero-order chi connectivity index (χ0) is 18.7. The average molecular weight is 377 g/mol. The van der Waals surface area contributed by atoms with Crippen LogP contribution in [0.15, 0.2) is 29.8 Å². The number of unbranched alkanes of at least 4 members (excludes halogenated alkanes) is 2. The minimum atomic E-state index is -0.632. The topological polar surface area (TPSA) is 80.4 Å². The van der Waals surface area contributed by atoms with Crippen molar-refractivity contribution in [2.75, 3.05) is 7.11 Å². The van der Waals surface area contributed by atoms with Gasteiger partial charge in [-0.15, -0.1) is 0 Å². The summed E-state index contributed by atoms with van der Waals surface area (Å²) >= 11 is 6.05. The Morgan fingerprint density at radius 2 is 2.15 bits per heavy atom. The number of rotatable bonds is 7. The van der Waals surface area contributed by atoms with E-state index in [-0.39, 0.29) is 5.57 Å². The summed E-state index contributed by atoms with van der Waals surface area (Å²) < 4.78 is 5.50. The predicted molar refractivity (Wildman–Crippen MR) is 99.4 cm³/mol. The molecule has 1 aromatic heterocycles. The summed E-state index contributed by atoms with van der Waals surface area (Å²) in [5, 5.41) is 1.55. The standard InChI is InChI=1S/C19H21ClN2O4/c1-3-4-5-6-15-16(17(19(24)26-15)18(23)22-25-2)14-9-11-7-8-12(20)10-13(11)21-14/h7-10,15,21H,3-6H2,1-2H3,(H,22,23). The molecule has 0 radical (unpaired) electrons. The summed E-state index contributed by atoms with van der Waals surface area (Å²) in [6, 6.07) is 7.38. The number of nitrogens with one attached hydrogen (secondary N) is 2. The normalized spacial score (nSPS) is 17.0. The highest BCUT2D eigenvalue weighted by molar-refractivity contribution is 6.31. The molecule has 0 saturated carbocycles. The van der Waals surface area contributed by atoms with Crippen molar-refractivity contribution in [3.05, 3.63) is 40.6 Å². The van der Waals surface area contributed by atoms with Gasteiger partial charge in [0.2, 0.25) is 0 Å². The number of hydrogen-bond donors (Lipinski definition) is 2. The molecule has 1 unspecified atom stereocenters. The molecular formula is C19H21ClN2O4. The Hall–Kier alpha value is -2.31. The fourth-order valence-corrected chi connectivity index (χ4v) is 3.38. The molecule has 1 amide bonds. The van der Waals surface area contributed by atoms with E-state index < -0.39 is 18.0 Å². The van der Waals surface area contributed by atoms with Crippen LogP contribution < -0.4 is 5.48 Å². The molecule has 0 bridgehead atoms. The molecule has 1 aliphatic heterocycles. The molecule has 2 N–H and O–H groups in total. The molecule has 7 heteroatoms.